The van der Waals surface area contributed by atoms with Crippen molar-refractivity contribution in [2.75, 3.05) is 13.1 Å². The van der Waals surface area contributed by atoms with Crippen LogP contribution in [0, 0.1) is 32.5 Å². The molecular formula is C27H30FN3O4S. The van der Waals surface area contributed by atoms with E-state index in [-0.39, 0.29) is 41.2 Å². The molecule has 7 nitrogen and oxygen atoms in total. The smallest absolute Gasteiger partial charge is 0.248 e. The summed E-state index contributed by atoms with van der Waals surface area (Å²) in [6.45, 7) is 6.21. The van der Waals surface area contributed by atoms with E-state index in [1.165, 1.54) is 16.4 Å². The Labute approximate surface area is 211 Å². The number of piperidine rings is 1. The Morgan fingerprint density at radius 1 is 1.17 bits per heavy atom. The third kappa shape index (κ3) is 5.74. The summed E-state index contributed by atoms with van der Waals surface area (Å²) in [6, 6.07) is 11.9. The van der Waals surface area contributed by atoms with Gasteiger partial charge in [-0.15, -0.1) is 0 Å². The number of aromatic nitrogens is 1. The lowest BCUT2D eigenvalue weighted by Gasteiger charge is -2.31. The third-order valence-corrected chi connectivity index (χ3v) is 8.44. The molecule has 2 heterocycles. The number of aryl methyl sites for hydroxylation is 3. The van der Waals surface area contributed by atoms with Crippen LogP contribution in [0.5, 0.6) is 0 Å². The SMILES string of the molecule is Cc1ccc(C)c(/C=C/c2onc(C)c2S(=O)(=O)N2CCC[C@@H](C(=O)NCc3ccc(F)cc3)C2)c1. The first-order valence-electron chi connectivity index (χ1n) is 11.9. The molecule has 1 aromatic heterocycles. The molecule has 1 N–H and O–H groups in total. The van der Waals surface area contributed by atoms with Gasteiger partial charge in [-0.05, 0) is 68.5 Å². The Balaban J connectivity index is 1.49. The van der Waals surface area contributed by atoms with Gasteiger partial charge in [-0.25, -0.2) is 12.8 Å². The number of amides is 1. The molecule has 1 amide bonds. The molecular weight excluding hydrogens is 481 g/mol. The van der Waals surface area contributed by atoms with Crippen molar-refractivity contribution in [3.8, 4) is 0 Å². The van der Waals surface area contributed by atoms with Gasteiger partial charge in [-0.3, -0.25) is 4.79 Å². The minimum Gasteiger partial charge on any atom is -0.355 e. The van der Waals surface area contributed by atoms with Crippen LogP contribution in [-0.4, -0.2) is 36.9 Å². The van der Waals surface area contributed by atoms with Crippen LogP contribution < -0.4 is 5.32 Å². The van der Waals surface area contributed by atoms with Crippen LogP contribution in [-0.2, 0) is 21.4 Å². The Bertz CT molecular complexity index is 1380. The Hall–Kier alpha value is -3.30. The first-order valence-corrected chi connectivity index (χ1v) is 13.3. The Morgan fingerprint density at radius 2 is 1.92 bits per heavy atom. The quantitative estimate of drug-likeness (QED) is 0.500. The number of nitrogens with one attached hydrogen (secondary N) is 1. The summed E-state index contributed by atoms with van der Waals surface area (Å²) in [4.78, 5) is 12.8. The maximum absolute atomic E-state index is 13.6. The summed E-state index contributed by atoms with van der Waals surface area (Å²) in [5.41, 5.74) is 4.16. The fourth-order valence-corrected chi connectivity index (χ4v) is 6.12. The van der Waals surface area contributed by atoms with Crippen LogP contribution in [0.15, 0.2) is 51.9 Å². The van der Waals surface area contributed by atoms with Crippen LogP contribution in [0.2, 0.25) is 0 Å². The summed E-state index contributed by atoms with van der Waals surface area (Å²) < 4.78 is 47.1. The molecule has 1 atom stereocenters. The molecule has 36 heavy (non-hydrogen) atoms. The standard InChI is InChI=1S/C27H30FN3O4S/c1-18-6-7-19(2)22(15-18)10-13-25-26(20(3)30-35-25)36(33,34)31-14-4-5-23(17-31)27(32)29-16-21-8-11-24(28)12-9-21/h6-13,15,23H,4-5,14,16-17H2,1-3H3,(H,29,32)/b13-10+/t23-/m1/s1. The van der Waals surface area contributed by atoms with Gasteiger partial charge in [-0.2, -0.15) is 4.31 Å². The second-order valence-corrected chi connectivity index (χ2v) is 11.1. The number of halogens is 1. The van der Waals surface area contributed by atoms with E-state index in [4.69, 9.17) is 4.52 Å². The lowest BCUT2D eigenvalue weighted by Crippen LogP contribution is -2.45. The van der Waals surface area contributed by atoms with Gasteiger partial charge in [0.2, 0.25) is 15.9 Å². The van der Waals surface area contributed by atoms with E-state index < -0.39 is 15.9 Å². The molecule has 1 aliphatic heterocycles. The van der Waals surface area contributed by atoms with E-state index in [0.717, 1.165) is 22.3 Å². The molecule has 190 valence electrons. The zero-order valence-corrected chi connectivity index (χ0v) is 21.4. The number of carbonyl (C=O) groups is 1. The number of sulfonamides is 1. The second kappa shape index (κ2) is 10.8. The van der Waals surface area contributed by atoms with Crippen LogP contribution in [0.1, 0.15) is 46.5 Å². The van der Waals surface area contributed by atoms with E-state index >= 15 is 0 Å². The van der Waals surface area contributed by atoms with Crippen LogP contribution in [0.4, 0.5) is 4.39 Å². The Morgan fingerprint density at radius 3 is 2.67 bits per heavy atom. The number of hydrogen-bond acceptors (Lipinski definition) is 5. The molecule has 0 radical (unpaired) electrons. The van der Waals surface area contributed by atoms with Crippen molar-refractivity contribution in [3.63, 3.8) is 0 Å². The molecule has 0 unspecified atom stereocenters. The first-order chi connectivity index (χ1) is 17.1. The summed E-state index contributed by atoms with van der Waals surface area (Å²) in [6.07, 6.45) is 4.60. The molecule has 1 aliphatic rings. The number of hydrogen-bond donors (Lipinski definition) is 1. The normalized spacial score (nSPS) is 16.9. The minimum atomic E-state index is -3.94. The van der Waals surface area contributed by atoms with Crippen LogP contribution >= 0.6 is 0 Å². The predicted molar refractivity (Wildman–Crippen MR) is 136 cm³/mol. The maximum atomic E-state index is 13.6. The molecule has 0 aliphatic carbocycles. The molecule has 2 aromatic carbocycles. The molecule has 9 heteroatoms. The van der Waals surface area contributed by atoms with E-state index in [1.807, 2.05) is 38.1 Å². The monoisotopic (exact) mass is 511 g/mol. The van der Waals surface area contributed by atoms with Crippen molar-refractivity contribution in [1.29, 1.82) is 0 Å². The molecule has 1 fully saturated rings. The van der Waals surface area contributed by atoms with Crippen molar-refractivity contribution < 1.29 is 22.1 Å². The summed E-state index contributed by atoms with van der Waals surface area (Å²) >= 11 is 0. The lowest BCUT2D eigenvalue weighted by atomic mass is 9.99. The second-order valence-electron chi connectivity index (χ2n) is 9.20. The highest BCUT2D eigenvalue weighted by Crippen LogP contribution is 2.29. The molecule has 3 aromatic rings. The Kier molecular flexibility index (Phi) is 7.70. The summed E-state index contributed by atoms with van der Waals surface area (Å²) in [5.74, 6) is -0.888. The van der Waals surface area contributed by atoms with E-state index in [0.29, 0.717) is 19.4 Å². The molecule has 0 saturated carbocycles. The van der Waals surface area contributed by atoms with Crippen molar-refractivity contribution in [1.82, 2.24) is 14.8 Å². The van der Waals surface area contributed by atoms with Gasteiger partial charge in [0.1, 0.15) is 11.5 Å². The fourth-order valence-electron chi connectivity index (χ4n) is 4.34. The topological polar surface area (TPSA) is 92.5 Å². The summed E-state index contributed by atoms with van der Waals surface area (Å²) in [7, 11) is -3.94. The highest BCUT2D eigenvalue weighted by molar-refractivity contribution is 7.89. The third-order valence-electron chi connectivity index (χ3n) is 6.42. The highest BCUT2D eigenvalue weighted by Gasteiger charge is 2.36. The van der Waals surface area contributed by atoms with Crippen LogP contribution in [0.3, 0.4) is 0 Å². The van der Waals surface area contributed by atoms with Gasteiger partial charge in [0.15, 0.2) is 10.7 Å². The van der Waals surface area contributed by atoms with E-state index in [1.54, 1.807) is 25.1 Å². The number of carbonyl (C=O) groups excluding carboxylic acids is 1. The summed E-state index contributed by atoms with van der Waals surface area (Å²) in [5, 5.41) is 6.76. The lowest BCUT2D eigenvalue weighted by molar-refractivity contribution is -0.126. The van der Waals surface area contributed by atoms with Gasteiger partial charge < -0.3 is 9.84 Å². The van der Waals surface area contributed by atoms with Gasteiger partial charge in [0.25, 0.3) is 0 Å². The van der Waals surface area contributed by atoms with Crippen molar-refractivity contribution >= 4 is 28.1 Å². The number of nitrogens with zero attached hydrogens (tertiary/aromatic N) is 2. The van der Waals surface area contributed by atoms with Gasteiger partial charge in [0, 0.05) is 19.6 Å². The average molecular weight is 512 g/mol. The fraction of sp³-hybridized carbons (Fsp3) is 0.333. The molecule has 0 bridgehead atoms. The van der Waals surface area contributed by atoms with Crippen molar-refractivity contribution in [2.45, 2.75) is 45.1 Å². The average Bonchev–Trinajstić information content (AvgIpc) is 3.25. The molecule has 1 saturated heterocycles. The highest BCUT2D eigenvalue weighted by atomic mass is 32.2. The molecule has 4 rings (SSSR count). The molecule has 0 spiro atoms. The number of rotatable bonds is 7. The maximum Gasteiger partial charge on any atom is 0.248 e. The van der Waals surface area contributed by atoms with Gasteiger partial charge in [0.05, 0.1) is 5.92 Å². The van der Waals surface area contributed by atoms with Crippen LogP contribution in [0.25, 0.3) is 12.2 Å². The predicted octanol–water partition coefficient (Wildman–Crippen LogP) is 4.63. The van der Waals surface area contributed by atoms with Crippen molar-refractivity contribution in [3.05, 3.63) is 82.0 Å². The minimum absolute atomic E-state index is 0.0245. The largest absolute Gasteiger partial charge is 0.355 e. The van der Waals surface area contributed by atoms with Gasteiger partial charge >= 0.3 is 0 Å². The van der Waals surface area contributed by atoms with Gasteiger partial charge in [-0.1, -0.05) is 47.1 Å². The van der Waals surface area contributed by atoms with Crippen molar-refractivity contribution in [2.24, 2.45) is 5.92 Å². The first kappa shape index (κ1) is 25.8. The zero-order valence-electron chi connectivity index (χ0n) is 20.6. The zero-order chi connectivity index (χ0) is 25.9. The van der Waals surface area contributed by atoms with E-state index in [2.05, 4.69) is 10.5 Å². The van der Waals surface area contributed by atoms with E-state index in [9.17, 15) is 17.6 Å². The number of benzene rings is 2.